The zero-order valence-electron chi connectivity index (χ0n) is 26.5. The molecule has 0 fully saturated rings. The highest BCUT2D eigenvalue weighted by Gasteiger charge is 2.16. The van der Waals surface area contributed by atoms with Crippen LogP contribution in [0.5, 0.6) is 5.75 Å². The van der Waals surface area contributed by atoms with Gasteiger partial charge in [0.2, 0.25) is 5.89 Å². The molecule has 3 aromatic carbocycles. The summed E-state index contributed by atoms with van der Waals surface area (Å²) in [6.07, 6.45) is 1.90. The van der Waals surface area contributed by atoms with E-state index >= 15 is 0 Å². The van der Waals surface area contributed by atoms with E-state index in [0.29, 0.717) is 38.6 Å². The van der Waals surface area contributed by atoms with Gasteiger partial charge in [0, 0.05) is 25.1 Å². The Balaban J connectivity index is 1.27. The van der Waals surface area contributed by atoms with E-state index in [1.807, 2.05) is 99.3 Å². The number of rotatable bonds is 15. The quantitative estimate of drug-likeness (QED) is 0.150. The lowest BCUT2D eigenvalue weighted by Crippen LogP contribution is -2.32. The Morgan fingerprint density at radius 3 is 2.38 bits per heavy atom. The third kappa shape index (κ3) is 11.4. The molecule has 9 heteroatoms. The van der Waals surface area contributed by atoms with Crippen LogP contribution in [0.25, 0.3) is 11.5 Å². The van der Waals surface area contributed by atoms with Gasteiger partial charge in [-0.1, -0.05) is 54.6 Å². The Hall–Kier alpha value is -4.63. The first-order valence-electron chi connectivity index (χ1n) is 15.3. The highest BCUT2D eigenvalue weighted by molar-refractivity contribution is 5.69. The van der Waals surface area contributed by atoms with Crippen LogP contribution < -0.4 is 10.1 Å². The predicted octanol–water partition coefficient (Wildman–Crippen LogP) is 6.82. The van der Waals surface area contributed by atoms with Gasteiger partial charge in [-0.25, -0.2) is 9.78 Å². The van der Waals surface area contributed by atoms with Crippen molar-refractivity contribution < 1.29 is 28.6 Å². The van der Waals surface area contributed by atoms with Crippen LogP contribution in [0.3, 0.4) is 0 Å². The van der Waals surface area contributed by atoms with Crippen molar-refractivity contribution in [2.75, 3.05) is 19.7 Å². The summed E-state index contributed by atoms with van der Waals surface area (Å²) >= 11 is 0. The lowest BCUT2D eigenvalue weighted by molar-refractivity contribution is -0.138. The van der Waals surface area contributed by atoms with Gasteiger partial charge in [0.25, 0.3) is 0 Å². The average molecular weight is 614 g/mol. The molecule has 0 aliphatic carbocycles. The first-order chi connectivity index (χ1) is 21.5. The van der Waals surface area contributed by atoms with Gasteiger partial charge in [0.05, 0.1) is 18.8 Å². The van der Waals surface area contributed by atoms with Crippen LogP contribution in [0, 0.1) is 6.92 Å². The minimum atomic E-state index is -0.837. The maximum atomic E-state index is 11.9. The minimum absolute atomic E-state index is 0.0145. The van der Waals surface area contributed by atoms with Crippen molar-refractivity contribution in [1.82, 2.24) is 15.2 Å². The molecule has 0 bridgehead atoms. The number of carbonyl (C=O) groups excluding carboxylic acids is 1. The zero-order chi connectivity index (χ0) is 32.2. The monoisotopic (exact) mass is 613 g/mol. The number of carbonyl (C=O) groups is 2. The van der Waals surface area contributed by atoms with Crippen molar-refractivity contribution in [2.24, 2.45) is 0 Å². The SMILES string of the molecule is Cc1oc(-c2ccc(CNC(=O)OC(C)(C)C)cc2)nc1CCOc1cccc(CN(CCCc2ccccc2)CC(=O)O)c1. The summed E-state index contributed by atoms with van der Waals surface area (Å²) in [6, 6.07) is 25.7. The summed E-state index contributed by atoms with van der Waals surface area (Å²) in [5, 5.41) is 12.2. The second-order valence-corrected chi connectivity index (χ2v) is 12.0. The highest BCUT2D eigenvalue weighted by Crippen LogP contribution is 2.23. The van der Waals surface area contributed by atoms with E-state index in [4.69, 9.17) is 18.9 Å². The molecule has 0 aliphatic rings. The Kier molecular flexibility index (Phi) is 11.8. The molecule has 238 valence electrons. The van der Waals surface area contributed by atoms with Gasteiger partial charge in [-0.15, -0.1) is 0 Å². The molecule has 0 radical (unpaired) electrons. The van der Waals surface area contributed by atoms with Crippen LogP contribution in [0.15, 0.2) is 83.3 Å². The van der Waals surface area contributed by atoms with E-state index in [-0.39, 0.29) is 6.54 Å². The third-order valence-corrected chi connectivity index (χ3v) is 6.98. The normalized spacial score (nSPS) is 11.4. The van der Waals surface area contributed by atoms with Crippen molar-refractivity contribution in [3.05, 3.63) is 107 Å². The van der Waals surface area contributed by atoms with Crippen molar-refractivity contribution in [2.45, 2.75) is 65.6 Å². The number of carboxylic acids is 1. The number of carboxylic acid groups (broad SMARTS) is 1. The molecule has 1 aromatic heterocycles. The van der Waals surface area contributed by atoms with Gasteiger partial charge in [-0.3, -0.25) is 9.69 Å². The largest absolute Gasteiger partial charge is 0.493 e. The number of aliphatic carboxylic acids is 1. The van der Waals surface area contributed by atoms with Gasteiger partial charge < -0.3 is 24.3 Å². The molecule has 2 N–H and O–H groups in total. The maximum Gasteiger partial charge on any atom is 0.407 e. The molecule has 0 saturated carbocycles. The van der Waals surface area contributed by atoms with Gasteiger partial charge in [0.1, 0.15) is 17.1 Å². The second-order valence-electron chi connectivity index (χ2n) is 12.0. The number of ether oxygens (including phenoxy) is 2. The van der Waals surface area contributed by atoms with Crippen molar-refractivity contribution in [3.8, 4) is 17.2 Å². The smallest absolute Gasteiger partial charge is 0.407 e. The van der Waals surface area contributed by atoms with E-state index in [2.05, 4.69) is 17.4 Å². The molecular formula is C36H43N3O6. The van der Waals surface area contributed by atoms with Crippen LogP contribution in [-0.4, -0.2) is 52.4 Å². The van der Waals surface area contributed by atoms with Crippen LogP contribution in [0.1, 0.15) is 55.3 Å². The summed E-state index contributed by atoms with van der Waals surface area (Å²) in [5.74, 6) is 1.15. The molecule has 0 aliphatic heterocycles. The molecule has 9 nitrogen and oxygen atoms in total. The van der Waals surface area contributed by atoms with Crippen LogP contribution in [0.4, 0.5) is 4.79 Å². The molecule has 1 amide bonds. The number of benzene rings is 3. The molecule has 0 spiro atoms. The number of nitrogens with zero attached hydrogens (tertiary/aromatic N) is 2. The molecule has 0 atom stereocenters. The number of oxazole rings is 1. The summed E-state index contributed by atoms with van der Waals surface area (Å²) in [7, 11) is 0. The topological polar surface area (TPSA) is 114 Å². The van der Waals surface area contributed by atoms with Gasteiger partial charge in [-0.2, -0.15) is 0 Å². The molecule has 0 saturated heterocycles. The zero-order valence-corrected chi connectivity index (χ0v) is 26.5. The van der Waals surface area contributed by atoms with Crippen molar-refractivity contribution in [3.63, 3.8) is 0 Å². The molecule has 0 unspecified atom stereocenters. The number of alkyl carbamates (subject to hydrolysis) is 1. The Morgan fingerprint density at radius 1 is 0.933 bits per heavy atom. The second kappa shape index (κ2) is 15.9. The first-order valence-corrected chi connectivity index (χ1v) is 15.3. The predicted molar refractivity (Wildman–Crippen MR) is 173 cm³/mol. The van der Waals surface area contributed by atoms with E-state index < -0.39 is 17.7 Å². The minimum Gasteiger partial charge on any atom is -0.493 e. The number of amides is 1. The summed E-state index contributed by atoms with van der Waals surface area (Å²) in [6.45, 7) is 9.34. The van der Waals surface area contributed by atoms with Crippen molar-refractivity contribution >= 4 is 12.1 Å². The lowest BCUT2D eigenvalue weighted by atomic mass is 10.1. The Bertz CT molecular complexity index is 1530. The van der Waals surface area contributed by atoms with Crippen LogP contribution in [0.2, 0.25) is 0 Å². The van der Waals surface area contributed by atoms with Crippen LogP contribution in [-0.2, 0) is 35.5 Å². The highest BCUT2D eigenvalue weighted by atomic mass is 16.6. The lowest BCUT2D eigenvalue weighted by Gasteiger charge is -2.20. The maximum absolute atomic E-state index is 11.9. The molecule has 45 heavy (non-hydrogen) atoms. The first kappa shape index (κ1) is 33.3. The van der Waals surface area contributed by atoms with Crippen molar-refractivity contribution in [1.29, 1.82) is 0 Å². The average Bonchev–Trinajstić information content (AvgIpc) is 3.36. The van der Waals surface area contributed by atoms with Gasteiger partial charge in [0.15, 0.2) is 0 Å². The van der Waals surface area contributed by atoms with Crippen LogP contribution >= 0.6 is 0 Å². The van der Waals surface area contributed by atoms with Gasteiger partial charge >= 0.3 is 12.1 Å². The van der Waals surface area contributed by atoms with E-state index in [0.717, 1.165) is 46.7 Å². The fourth-order valence-corrected chi connectivity index (χ4v) is 4.85. The number of nitrogens with one attached hydrogen (secondary N) is 1. The molecule has 4 rings (SSSR count). The third-order valence-electron chi connectivity index (χ3n) is 6.98. The Labute approximate surface area is 265 Å². The molecule has 4 aromatic rings. The number of hydrogen-bond acceptors (Lipinski definition) is 7. The Morgan fingerprint density at radius 2 is 1.67 bits per heavy atom. The van der Waals surface area contributed by atoms with Gasteiger partial charge in [-0.05, 0) is 88.0 Å². The number of aryl methyl sites for hydroxylation is 2. The summed E-state index contributed by atoms with van der Waals surface area (Å²) in [5.41, 5.74) is 4.30. The standard InChI is InChI=1S/C36H43N3O6/c1-26-32(38-34(44-26)30-17-15-28(16-18-30)23-37-35(42)45-36(2,3)4)19-21-43-31-14-8-12-29(22-31)24-39(25-33(40)41)20-9-13-27-10-6-5-7-11-27/h5-8,10-12,14-18,22H,9,13,19-21,23-25H2,1-4H3,(H,37,42)(H,40,41). The van der Waals surface area contributed by atoms with E-state index in [1.165, 1.54) is 5.56 Å². The molecular weight excluding hydrogens is 570 g/mol. The van der Waals surface area contributed by atoms with E-state index in [1.54, 1.807) is 0 Å². The fraction of sp³-hybridized carbons (Fsp3) is 0.361. The number of aromatic nitrogens is 1. The fourth-order valence-electron chi connectivity index (χ4n) is 4.85. The summed E-state index contributed by atoms with van der Waals surface area (Å²) in [4.78, 5) is 30.1. The van der Waals surface area contributed by atoms with E-state index in [9.17, 15) is 14.7 Å². The molecule has 1 heterocycles. The number of hydrogen-bond donors (Lipinski definition) is 2. The summed E-state index contributed by atoms with van der Waals surface area (Å²) < 4.78 is 17.3.